The number of nitrogens with zero attached hydrogens (tertiary/aromatic N) is 1. The van der Waals surface area contributed by atoms with E-state index in [0.29, 0.717) is 13.1 Å². The molecule has 0 saturated heterocycles. The maximum absolute atomic E-state index is 14.2. The fraction of sp³-hybridized carbons (Fsp3) is 0.632. The van der Waals surface area contributed by atoms with Crippen LogP contribution in [0.25, 0.3) is 0 Å². The Morgan fingerprint density at radius 1 is 1.12 bits per heavy atom. The highest BCUT2D eigenvalue weighted by Crippen LogP contribution is 2.21. The molecule has 0 heterocycles. The third-order valence-electron chi connectivity index (χ3n) is 4.97. The number of hydrogen-bond acceptors (Lipinski definition) is 3. The summed E-state index contributed by atoms with van der Waals surface area (Å²) in [6.07, 6.45) is 7.38. The van der Waals surface area contributed by atoms with Gasteiger partial charge in [-0.25, -0.2) is 12.8 Å². The fourth-order valence-corrected chi connectivity index (χ4v) is 4.90. The van der Waals surface area contributed by atoms with Crippen molar-refractivity contribution in [3.05, 3.63) is 29.6 Å². The van der Waals surface area contributed by atoms with Gasteiger partial charge < -0.3 is 5.32 Å². The van der Waals surface area contributed by atoms with Crippen molar-refractivity contribution in [2.45, 2.75) is 69.7 Å². The molecule has 1 aromatic rings. The first-order valence-corrected chi connectivity index (χ1v) is 10.9. The minimum absolute atomic E-state index is 0.0187. The van der Waals surface area contributed by atoms with Crippen molar-refractivity contribution in [2.75, 3.05) is 13.1 Å². The zero-order valence-electron chi connectivity index (χ0n) is 15.6. The minimum atomic E-state index is -3.73. The molecule has 0 atom stereocenters. The Labute approximate surface area is 156 Å². The van der Waals surface area contributed by atoms with Crippen molar-refractivity contribution in [2.24, 2.45) is 0 Å². The van der Waals surface area contributed by atoms with Crippen LogP contribution in [-0.2, 0) is 10.0 Å². The summed E-state index contributed by atoms with van der Waals surface area (Å²) in [6.45, 7) is 4.12. The smallest absolute Gasteiger partial charge is 0.254 e. The second-order valence-electron chi connectivity index (χ2n) is 6.75. The third kappa shape index (κ3) is 5.04. The average molecular weight is 385 g/mol. The van der Waals surface area contributed by atoms with Crippen LogP contribution in [0.3, 0.4) is 0 Å². The number of rotatable bonds is 6. The first-order valence-electron chi connectivity index (χ1n) is 9.50. The maximum Gasteiger partial charge on any atom is 0.254 e. The zero-order valence-corrected chi connectivity index (χ0v) is 16.4. The zero-order chi connectivity index (χ0) is 19.2. The van der Waals surface area contributed by atoms with E-state index in [2.05, 4.69) is 5.32 Å². The monoisotopic (exact) mass is 384 g/mol. The molecule has 0 unspecified atom stereocenters. The van der Waals surface area contributed by atoms with E-state index in [0.717, 1.165) is 50.7 Å². The van der Waals surface area contributed by atoms with Gasteiger partial charge in [0.2, 0.25) is 10.0 Å². The molecule has 5 nitrogen and oxygen atoms in total. The number of benzene rings is 1. The predicted octanol–water partition coefficient (Wildman–Crippen LogP) is 3.70. The third-order valence-corrected chi connectivity index (χ3v) is 7.01. The molecule has 0 radical (unpaired) electrons. The lowest BCUT2D eigenvalue weighted by Gasteiger charge is -2.22. The van der Waals surface area contributed by atoms with Crippen molar-refractivity contribution >= 4 is 15.9 Å². The topological polar surface area (TPSA) is 66.5 Å². The van der Waals surface area contributed by atoms with Crippen LogP contribution < -0.4 is 5.32 Å². The number of nitrogens with one attached hydrogen (secondary N) is 1. The van der Waals surface area contributed by atoms with Crippen molar-refractivity contribution in [3.63, 3.8) is 0 Å². The van der Waals surface area contributed by atoms with E-state index in [4.69, 9.17) is 0 Å². The molecule has 1 aliphatic rings. The number of hydrogen-bond donors (Lipinski definition) is 1. The lowest BCUT2D eigenvalue weighted by molar-refractivity contribution is 0.0926. The first-order chi connectivity index (χ1) is 12.4. The number of amides is 1. The molecule has 0 bridgehead atoms. The molecule has 1 N–H and O–H groups in total. The molecular formula is C19H29FN2O3S. The van der Waals surface area contributed by atoms with Gasteiger partial charge in [0.15, 0.2) is 0 Å². The van der Waals surface area contributed by atoms with Crippen LogP contribution >= 0.6 is 0 Å². The second kappa shape index (κ2) is 9.46. The minimum Gasteiger partial charge on any atom is -0.349 e. The molecule has 1 amide bonds. The molecule has 146 valence electrons. The second-order valence-corrected chi connectivity index (χ2v) is 8.68. The van der Waals surface area contributed by atoms with Crippen LogP contribution in [0.5, 0.6) is 0 Å². The number of halogens is 1. The van der Waals surface area contributed by atoms with Crippen LogP contribution in [0.1, 0.15) is 69.2 Å². The summed E-state index contributed by atoms with van der Waals surface area (Å²) >= 11 is 0. The highest BCUT2D eigenvalue weighted by atomic mass is 32.2. The molecule has 0 aromatic heterocycles. The van der Waals surface area contributed by atoms with Crippen molar-refractivity contribution in [1.29, 1.82) is 0 Å². The summed E-state index contributed by atoms with van der Waals surface area (Å²) < 4.78 is 40.7. The fourth-order valence-electron chi connectivity index (χ4n) is 3.42. The van der Waals surface area contributed by atoms with Crippen molar-refractivity contribution < 1.29 is 17.6 Å². The van der Waals surface area contributed by atoms with Gasteiger partial charge in [-0.05, 0) is 31.0 Å². The van der Waals surface area contributed by atoms with Gasteiger partial charge in [0.25, 0.3) is 5.91 Å². The summed E-state index contributed by atoms with van der Waals surface area (Å²) in [5, 5.41) is 2.89. The highest BCUT2D eigenvalue weighted by molar-refractivity contribution is 7.89. The molecule has 1 aromatic carbocycles. The van der Waals surface area contributed by atoms with Gasteiger partial charge in [-0.1, -0.05) is 46.0 Å². The van der Waals surface area contributed by atoms with Crippen LogP contribution in [0, 0.1) is 5.82 Å². The Bertz CT molecular complexity index is 709. The number of sulfonamides is 1. The highest BCUT2D eigenvalue weighted by Gasteiger charge is 2.25. The van der Waals surface area contributed by atoms with Crippen molar-refractivity contribution in [1.82, 2.24) is 9.62 Å². The van der Waals surface area contributed by atoms with Gasteiger partial charge >= 0.3 is 0 Å². The first kappa shape index (κ1) is 20.8. The van der Waals surface area contributed by atoms with E-state index >= 15 is 0 Å². The SMILES string of the molecule is CCN(CC)S(=O)(=O)c1ccc(F)c(C(=O)NC2CCCCCCC2)c1. The van der Waals surface area contributed by atoms with Crippen molar-refractivity contribution in [3.8, 4) is 0 Å². The van der Waals surface area contributed by atoms with Gasteiger partial charge in [-0.2, -0.15) is 4.31 Å². The van der Waals surface area contributed by atoms with E-state index in [1.807, 2.05) is 0 Å². The molecule has 7 heteroatoms. The van der Waals surface area contributed by atoms with Crippen LogP contribution in [0.15, 0.2) is 23.1 Å². The lowest BCUT2D eigenvalue weighted by atomic mass is 9.96. The van der Waals surface area contributed by atoms with Crippen LogP contribution in [0.2, 0.25) is 0 Å². The largest absolute Gasteiger partial charge is 0.349 e. The molecule has 2 rings (SSSR count). The Morgan fingerprint density at radius 3 is 2.27 bits per heavy atom. The predicted molar refractivity (Wildman–Crippen MR) is 100 cm³/mol. The summed E-state index contributed by atoms with van der Waals surface area (Å²) in [4.78, 5) is 12.5. The maximum atomic E-state index is 14.2. The van der Waals surface area contributed by atoms with Gasteiger partial charge in [0.05, 0.1) is 10.5 Å². The average Bonchev–Trinajstić information content (AvgIpc) is 2.58. The number of carbonyl (C=O) groups is 1. The van der Waals surface area contributed by atoms with E-state index in [9.17, 15) is 17.6 Å². The summed E-state index contributed by atoms with van der Waals surface area (Å²) in [7, 11) is -3.73. The lowest BCUT2D eigenvalue weighted by Crippen LogP contribution is -2.36. The van der Waals surface area contributed by atoms with Gasteiger partial charge in [-0.15, -0.1) is 0 Å². The van der Waals surface area contributed by atoms with Gasteiger partial charge in [0.1, 0.15) is 5.82 Å². The molecular weight excluding hydrogens is 355 g/mol. The normalized spacial score (nSPS) is 16.9. The Kier molecular flexibility index (Phi) is 7.58. The van der Waals surface area contributed by atoms with Crippen LogP contribution in [0.4, 0.5) is 4.39 Å². The number of carbonyl (C=O) groups excluding carboxylic acids is 1. The van der Waals surface area contributed by atoms with E-state index < -0.39 is 21.7 Å². The molecule has 1 saturated carbocycles. The molecule has 1 aliphatic carbocycles. The molecule has 26 heavy (non-hydrogen) atoms. The van der Waals surface area contributed by atoms with E-state index in [1.165, 1.54) is 16.8 Å². The Hall–Kier alpha value is -1.47. The van der Waals surface area contributed by atoms with Gasteiger partial charge in [0, 0.05) is 19.1 Å². The Balaban J connectivity index is 2.21. The quantitative estimate of drug-likeness (QED) is 0.813. The summed E-state index contributed by atoms with van der Waals surface area (Å²) in [5.41, 5.74) is -0.208. The van der Waals surface area contributed by atoms with Crippen LogP contribution in [-0.4, -0.2) is 37.8 Å². The standard InChI is InChI=1S/C19H29FN2O3S/c1-3-22(4-2)26(24,25)16-12-13-18(20)17(14-16)19(23)21-15-10-8-6-5-7-9-11-15/h12-15H,3-11H2,1-2H3,(H,21,23). The summed E-state index contributed by atoms with van der Waals surface area (Å²) in [6, 6.07) is 3.45. The molecule has 1 fully saturated rings. The Morgan fingerprint density at radius 2 is 1.69 bits per heavy atom. The van der Waals surface area contributed by atoms with E-state index in [-0.39, 0.29) is 16.5 Å². The van der Waals surface area contributed by atoms with E-state index in [1.54, 1.807) is 13.8 Å². The molecule has 0 spiro atoms. The summed E-state index contributed by atoms with van der Waals surface area (Å²) in [5.74, 6) is -1.24. The van der Waals surface area contributed by atoms with Gasteiger partial charge in [-0.3, -0.25) is 4.79 Å². The molecule has 0 aliphatic heterocycles.